The lowest BCUT2D eigenvalue weighted by Crippen LogP contribution is -2.44. The Hall–Kier alpha value is -2.14. The van der Waals surface area contributed by atoms with Crippen molar-refractivity contribution < 1.29 is 19.1 Å². The van der Waals surface area contributed by atoms with Gasteiger partial charge in [0.25, 0.3) is 5.91 Å². The van der Waals surface area contributed by atoms with Crippen molar-refractivity contribution in [3.8, 4) is 5.75 Å². The number of hydrogen-bond donors (Lipinski definition) is 2. The summed E-state index contributed by atoms with van der Waals surface area (Å²) in [4.78, 5) is 21.0. The van der Waals surface area contributed by atoms with Crippen LogP contribution in [0.25, 0.3) is 0 Å². The SMILES string of the molecule is COc1cnc(NC(=O)CSc2nnc(N)s2)[n+](OC)c1. The number of amides is 1. The summed E-state index contributed by atoms with van der Waals surface area (Å²) in [6.45, 7) is 0. The number of anilines is 2. The normalized spacial score (nSPS) is 10.2. The number of carbonyl (C=O) groups excluding carboxylic acids is 1. The summed E-state index contributed by atoms with van der Waals surface area (Å²) < 4.78 is 6.94. The third-order valence-electron chi connectivity index (χ3n) is 2.20. The van der Waals surface area contributed by atoms with E-state index in [1.54, 1.807) is 6.20 Å². The Morgan fingerprint density at radius 2 is 2.33 bits per heavy atom. The number of nitrogens with two attached hydrogens (primary N) is 1. The van der Waals surface area contributed by atoms with Gasteiger partial charge in [0, 0.05) is 0 Å². The molecule has 9 nitrogen and oxygen atoms in total. The molecule has 0 aliphatic carbocycles. The predicted molar refractivity (Wildman–Crippen MR) is 77.2 cm³/mol. The van der Waals surface area contributed by atoms with Crippen molar-refractivity contribution in [3.05, 3.63) is 12.4 Å². The molecule has 0 radical (unpaired) electrons. The maximum Gasteiger partial charge on any atom is 0.435 e. The molecule has 0 spiro atoms. The van der Waals surface area contributed by atoms with Gasteiger partial charge in [-0.15, -0.1) is 10.2 Å². The predicted octanol–water partition coefficient (Wildman–Crippen LogP) is -0.399. The van der Waals surface area contributed by atoms with Gasteiger partial charge in [-0.25, -0.2) is 5.32 Å². The Labute approximate surface area is 128 Å². The third kappa shape index (κ3) is 4.16. The fraction of sp³-hybridized carbons (Fsp3) is 0.300. The first-order valence-electron chi connectivity index (χ1n) is 5.64. The van der Waals surface area contributed by atoms with Crippen molar-refractivity contribution in [1.82, 2.24) is 15.2 Å². The molecule has 0 aliphatic heterocycles. The molecular weight excluding hydrogens is 316 g/mol. The fourth-order valence-electron chi connectivity index (χ4n) is 1.29. The van der Waals surface area contributed by atoms with Gasteiger partial charge in [0.2, 0.25) is 5.13 Å². The summed E-state index contributed by atoms with van der Waals surface area (Å²) >= 11 is 2.47. The monoisotopic (exact) mass is 329 g/mol. The molecule has 2 heterocycles. The van der Waals surface area contributed by atoms with Gasteiger partial charge in [-0.2, -0.15) is 0 Å². The van der Waals surface area contributed by atoms with E-state index in [2.05, 4.69) is 20.5 Å². The summed E-state index contributed by atoms with van der Waals surface area (Å²) in [7, 11) is 2.97. The van der Waals surface area contributed by atoms with Crippen LogP contribution >= 0.6 is 23.1 Å². The molecular formula is C10H13N6O3S2+. The molecule has 0 unspecified atom stereocenters. The van der Waals surface area contributed by atoms with E-state index in [9.17, 15) is 4.79 Å². The Morgan fingerprint density at radius 3 is 2.95 bits per heavy atom. The van der Waals surface area contributed by atoms with Crippen LogP contribution in [0.4, 0.5) is 11.1 Å². The average Bonchev–Trinajstić information content (AvgIpc) is 2.91. The molecule has 1 amide bonds. The number of ether oxygens (including phenoxy) is 1. The summed E-state index contributed by atoms with van der Waals surface area (Å²) in [6, 6.07) is 0. The molecule has 0 bridgehead atoms. The number of nitrogens with zero attached hydrogens (tertiary/aromatic N) is 4. The molecule has 2 aromatic rings. The van der Waals surface area contributed by atoms with Gasteiger partial charge in [0.15, 0.2) is 22.5 Å². The number of thioether (sulfide) groups is 1. The van der Waals surface area contributed by atoms with Crippen molar-refractivity contribution in [1.29, 1.82) is 0 Å². The van der Waals surface area contributed by atoms with Gasteiger partial charge in [-0.05, 0) is 0 Å². The number of nitrogens with one attached hydrogen (secondary N) is 1. The standard InChI is InChI=1S/C10H12N6O3S2/c1-18-6-3-12-9(16(4-6)19-2)13-7(17)5-20-10-15-14-8(11)21-10/h3-4H,5H2,1-2H3,(H2,11,14)/p+1. The summed E-state index contributed by atoms with van der Waals surface area (Å²) in [5.41, 5.74) is 5.46. The van der Waals surface area contributed by atoms with Gasteiger partial charge < -0.3 is 15.3 Å². The molecule has 2 aromatic heterocycles. The smallest absolute Gasteiger partial charge is 0.435 e. The second kappa shape index (κ2) is 7.04. The molecule has 0 fully saturated rings. The largest absolute Gasteiger partial charge is 0.491 e. The highest BCUT2D eigenvalue weighted by atomic mass is 32.2. The van der Waals surface area contributed by atoms with Crippen LogP contribution in [0.1, 0.15) is 0 Å². The van der Waals surface area contributed by atoms with Crippen molar-refractivity contribution in [2.45, 2.75) is 4.34 Å². The maximum atomic E-state index is 11.9. The summed E-state index contributed by atoms with van der Waals surface area (Å²) in [5.74, 6) is 0.665. The lowest BCUT2D eigenvalue weighted by Gasteiger charge is -2.04. The van der Waals surface area contributed by atoms with Gasteiger partial charge in [0.05, 0.1) is 12.9 Å². The van der Waals surface area contributed by atoms with Crippen molar-refractivity contribution in [2.75, 3.05) is 31.0 Å². The Balaban J connectivity index is 1.95. The zero-order valence-corrected chi connectivity index (χ0v) is 12.9. The van der Waals surface area contributed by atoms with Gasteiger partial charge >= 0.3 is 5.95 Å². The lowest BCUT2D eigenvalue weighted by molar-refractivity contribution is -0.875. The number of aromatic nitrogens is 4. The highest BCUT2D eigenvalue weighted by molar-refractivity contribution is 8.01. The van der Waals surface area contributed by atoms with Crippen LogP contribution in [0.2, 0.25) is 0 Å². The number of methoxy groups -OCH3 is 1. The van der Waals surface area contributed by atoms with Gasteiger partial charge in [-0.3, -0.25) is 4.79 Å². The molecule has 11 heteroatoms. The van der Waals surface area contributed by atoms with E-state index in [0.717, 1.165) is 0 Å². The molecule has 112 valence electrons. The quantitative estimate of drug-likeness (QED) is 0.543. The summed E-state index contributed by atoms with van der Waals surface area (Å²) in [6.07, 6.45) is 3.03. The number of hydrogen-bond acceptors (Lipinski definition) is 9. The van der Waals surface area contributed by atoms with E-state index in [4.69, 9.17) is 15.3 Å². The van der Waals surface area contributed by atoms with E-state index in [0.29, 0.717) is 15.2 Å². The first-order valence-corrected chi connectivity index (χ1v) is 7.44. The van der Waals surface area contributed by atoms with Crippen LogP contribution in [0.3, 0.4) is 0 Å². The first-order chi connectivity index (χ1) is 10.1. The van der Waals surface area contributed by atoms with Crippen molar-refractivity contribution >= 4 is 40.1 Å². The zero-order chi connectivity index (χ0) is 15.2. The van der Waals surface area contributed by atoms with Crippen LogP contribution in [0.15, 0.2) is 16.7 Å². The number of rotatable bonds is 6. The van der Waals surface area contributed by atoms with Gasteiger partial charge in [0.1, 0.15) is 7.11 Å². The molecule has 2 rings (SSSR count). The molecule has 0 aliphatic rings. The highest BCUT2D eigenvalue weighted by Crippen LogP contribution is 2.23. The minimum Gasteiger partial charge on any atom is -0.491 e. The van der Waals surface area contributed by atoms with Crippen LogP contribution in [0, 0.1) is 0 Å². The number of carbonyl (C=O) groups is 1. The van der Waals surface area contributed by atoms with Crippen LogP contribution < -0.4 is 25.4 Å². The third-order valence-corrected chi connectivity index (χ3v) is 4.09. The molecule has 0 saturated heterocycles. The highest BCUT2D eigenvalue weighted by Gasteiger charge is 2.18. The molecule has 21 heavy (non-hydrogen) atoms. The topological polar surface area (TPSA) is 116 Å². The number of nitrogen functional groups attached to an aromatic ring is 1. The van der Waals surface area contributed by atoms with Crippen molar-refractivity contribution in [3.63, 3.8) is 0 Å². The van der Waals surface area contributed by atoms with Crippen molar-refractivity contribution in [2.24, 2.45) is 0 Å². The van der Waals surface area contributed by atoms with Crippen LogP contribution in [0.5, 0.6) is 5.75 Å². The van der Waals surface area contributed by atoms with E-state index in [1.807, 2.05) is 0 Å². The lowest BCUT2D eigenvalue weighted by atomic mass is 10.6. The minimum absolute atomic E-state index is 0.159. The maximum absolute atomic E-state index is 11.9. The van der Waals surface area contributed by atoms with E-state index >= 15 is 0 Å². The first kappa shape index (κ1) is 15.3. The Morgan fingerprint density at radius 1 is 1.52 bits per heavy atom. The average molecular weight is 329 g/mol. The molecule has 0 aromatic carbocycles. The van der Waals surface area contributed by atoms with E-state index in [1.165, 1.54) is 48.2 Å². The van der Waals surface area contributed by atoms with E-state index < -0.39 is 0 Å². The van der Waals surface area contributed by atoms with Crippen LogP contribution in [-0.2, 0) is 4.79 Å². The molecule has 0 atom stereocenters. The molecule has 0 saturated carbocycles. The molecule has 3 N–H and O–H groups in total. The fourth-order valence-corrected chi connectivity index (χ4v) is 2.73. The van der Waals surface area contributed by atoms with E-state index in [-0.39, 0.29) is 17.6 Å². The Kier molecular flexibility index (Phi) is 5.11. The summed E-state index contributed by atoms with van der Waals surface area (Å²) in [5, 5.41) is 10.5. The van der Waals surface area contributed by atoms with Gasteiger partial charge in [-0.1, -0.05) is 32.8 Å². The minimum atomic E-state index is -0.253. The zero-order valence-electron chi connectivity index (χ0n) is 11.3. The Bertz CT molecular complexity index is 635. The van der Waals surface area contributed by atoms with Crippen LogP contribution in [-0.4, -0.2) is 41.1 Å². The second-order valence-corrected chi connectivity index (χ2v) is 5.80. The second-order valence-electron chi connectivity index (χ2n) is 3.57.